The van der Waals surface area contributed by atoms with Gasteiger partial charge in [0.15, 0.2) is 12.4 Å². The topological polar surface area (TPSA) is 118 Å². The summed E-state index contributed by atoms with van der Waals surface area (Å²) in [5.41, 5.74) is 1.34. The molecule has 0 spiro atoms. The van der Waals surface area contributed by atoms with Crippen molar-refractivity contribution in [1.29, 1.82) is 5.26 Å². The Bertz CT molecular complexity index is 1090. The van der Waals surface area contributed by atoms with Crippen LogP contribution in [0.2, 0.25) is 0 Å². The van der Waals surface area contributed by atoms with Crippen LogP contribution in [0.1, 0.15) is 34.6 Å². The summed E-state index contributed by atoms with van der Waals surface area (Å²) >= 11 is 1.21. The summed E-state index contributed by atoms with van der Waals surface area (Å²) in [6, 6.07) is 15.5. The molecule has 3 rings (SSSR count). The number of carbonyl (C=O) groups is 2. The fourth-order valence-electron chi connectivity index (χ4n) is 2.47. The maximum Gasteiger partial charge on any atom is 0.339 e. The van der Waals surface area contributed by atoms with Gasteiger partial charge in [0.05, 0.1) is 22.9 Å². The van der Waals surface area contributed by atoms with E-state index in [0.717, 1.165) is 0 Å². The number of aromatic nitrogens is 2. The highest BCUT2D eigenvalue weighted by Crippen LogP contribution is 2.24. The Morgan fingerprint density at radius 2 is 2.07 bits per heavy atom. The number of ether oxygens (including phenoxy) is 1. The van der Waals surface area contributed by atoms with E-state index < -0.39 is 5.97 Å². The first-order valence-electron chi connectivity index (χ1n) is 9.09. The van der Waals surface area contributed by atoms with Crippen molar-refractivity contribution in [1.82, 2.24) is 10.1 Å². The molecule has 0 saturated carbocycles. The van der Waals surface area contributed by atoms with Crippen molar-refractivity contribution in [2.24, 2.45) is 0 Å². The Hall–Kier alpha value is -3.64. The monoisotopic (exact) mass is 422 g/mol. The molecular weight excluding hydrogens is 404 g/mol. The zero-order chi connectivity index (χ0) is 21.3. The molecule has 3 aromatic rings. The molecule has 8 nitrogen and oxygen atoms in total. The molecule has 0 aliphatic heterocycles. The molecule has 1 amide bonds. The summed E-state index contributed by atoms with van der Waals surface area (Å²) in [6.45, 7) is 1.77. The van der Waals surface area contributed by atoms with Gasteiger partial charge in [-0.3, -0.25) is 4.79 Å². The number of nitriles is 1. The number of hydrogen-bond donors (Lipinski definition) is 1. The van der Waals surface area contributed by atoms with Gasteiger partial charge in [-0.05, 0) is 30.3 Å². The summed E-state index contributed by atoms with van der Waals surface area (Å²) < 4.78 is 10.3. The molecule has 0 fully saturated rings. The molecule has 0 aliphatic carbocycles. The molecule has 152 valence electrons. The van der Waals surface area contributed by atoms with E-state index in [0.29, 0.717) is 34.0 Å². The fourth-order valence-corrected chi connectivity index (χ4v) is 3.31. The second-order valence-corrected chi connectivity index (χ2v) is 7.08. The lowest BCUT2D eigenvalue weighted by molar-refractivity contribution is -0.113. The van der Waals surface area contributed by atoms with E-state index in [1.165, 1.54) is 11.8 Å². The molecule has 30 heavy (non-hydrogen) atoms. The van der Waals surface area contributed by atoms with Crippen molar-refractivity contribution in [3.8, 4) is 6.07 Å². The molecule has 1 aromatic heterocycles. The average molecular weight is 422 g/mol. The van der Waals surface area contributed by atoms with Crippen molar-refractivity contribution in [2.75, 3.05) is 11.1 Å². The van der Waals surface area contributed by atoms with Crippen LogP contribution in [0, 0.1) is 11.3 Å². The minimum Gasteiger partial charge on any atom is -0.452 e. The number of carbonyl (C=O) groups excluding carboxylic acids is 2. The van der Waals surface area contributed by atoms with Crippen LogP contribution in [0.4, 0.5) is 5.69 Å². The van der Waals surface area contributed by atoms with E-state index in [-0.39, 0.29) is 24.2 Å². The second-order valence-electron chi connectivity index (χ2n) is 6.06. The van der Waals surface area contributed by atoms with Crippen molar-refractivity contribution >= 4 is 29.3 Å². The lowest BCUT2D eigenvalue weighted by Gasteiger charge is -2.09. The number of aryl methyl sites for hydroxylation is 1. The number of benzene rings is 2. The first-order chi connectivity index (χ1) is 14.6. The van der Waals surface area contributed by atoms with Crippen molar-refractivity contribution in [3.63, 3.8) is 0 Å². The SMILES string of the molecule is CCc1noc(COC(=O)c2ccccc2SCC(=O)Nc2cccc(C#N)c2)n1. The minimum absolute atomic E-state index is 0.0879. The third kappa shape index (κ3) is 5.68. The van der Waals surface area contributed by atoms with Crippen LogP contribution in [0.3, 0.4) is 0 Å². The second kappa shape index (κ2) is 10.2. The van der Waals surface area contributed by atoms with Gasteiger partial charge in [-0.1, -0.05) is 30.3 Å². The van der Waals surface area contributed by atoms with Gasteiger partial charge in [-0.2, -0.15) is 10.2 Å². The van der Waals surface area contributed by atoms with E-state index >= 15 is 0 Å². The Kier molecular flexibility index (Phi) is 7.19. The quantitative estimate of drug-likeness (QED) is 0.432. The van der Waals surface area contributed by atoms with Crippen LogP contribution in [0.15, 0.2) is 57.9 Å². The Labute approximate surface area is 177 Å². The molecule has 0 aliphatic rings. The highest BCUT2D eigenvalue weighted by atomic mass is 32.2. The van der Waals surface area contributed by atoms with Crippen LogP contribution in [0.5, 0.6) is 0 Å². The number of amides is 1. The smallest absolute Gasteiger partial charge is 0.339 e. The van der Waals surface area contributed by atoms with E-state index in [1.54, 1.807) is 48.5 Å². The number of nitrogens with one attached hydrogen (secondary N) is 1. The number of nitrogens with zero attached hydrogens (tertiary/aromatic N) is 3. The standard InChI is InChI=1S/C21H18N4O4S/c1-2-18-24-20(29-25-18)12-28-21(27)16-8-3-4-9-17(16)30-13-19(26)23-15-7-5-6-14(10-15)11-22/h3-10H,2,12-13H2,1H3,(H,23,26). The molecule has 0 unspecified atom stereocenters. The highest BCUT2D eigenvalue weighted by molar-refractivity contribution is 8.00. The van der Waals surface area contributed by atoms with Gasteiger partial charge in [0.1, 0.15) is 0 Å². The largest absolute Gasteiger partial charge is 0.452 e. The predicted molar refractivity (Wildman–Crippen MR) is 110 cm³/mol. The lowest BCUT2D eigenvalue weighted by atomic mass is 10.2. The van der Waals surface area contributed by atoms with Gasteiger partial charge in [0, 0.05) is 17.0 Å². The zero-order valence-electron chi connectivity index (χ0n) is 16.1. The average Bonchev–Trinajstić information content (AvgIpc) is 3.24. The van der Waals surface area contributed by atoms with E-state index in [9.17, 15) is 9.59 Å². The van der Waals surface area contributed by atoms with Crippen LogP contribution >= 0.6 is 11.8 Å². The van der Waals surface area contributed by atoms with Gasteiger partial charge in [-0.25, -0.2) is 4.79 Å². The van der Waals surface area contributed by atoms with Crippen molar-refractivity contribution in [3.05, 3.63) is 71.4 Å². The van der Waals surface area contributed by atoms with Crippen molar-refractivity contribution in [2.45, 2.75) is 24.8 Å². The fraction of sp³-hybridized carbons (Fsp3) is 0.190. The maximum atomic E-state index is 12.5. The van der Waals surface area contributed by atoms with E-state index in [2.05, 4.69) is 15.5 Å². The number of thioether (sulfide) groups is 1. The van der Waals surface area contributed by atoms with E-state index in [4.69, 9.17) is 14.5 Å². The predicted octanol–water partition coefficient (Wildman–Crippen LogP) is 3.59. The number of hydrogen-bond acceptors (Lipinski definition) is 8. The number of esters is 1. The molecule has 0 atom stereocenters. The van der Waals surface area contributed by atoms with Crippen LogP contribution in [-0.4, -0.2) is 27.8 Å². The Morgan fingerprint density at radius 1 is 1.23 bits per heavy atom. The van der Waals surface area contributed by atoms with Crippen LogP contribution in [-0.2, 0) is 22.6 Å². The van der Waals surface area contributed by atoms with Crippen LogP contribution in [0.25, 0.3) is 0 Å². The van der Waals surface area contributed by atoms with Crippen LogP contribution < -0.4 is 5.32 Å². The molecule has 1 N–H and O–H groups in total. The Balaban J connectivity index is 1.58. The summed E-state index contributed by atoms with van der Waals surface area (Å²) in [4.78, 5) is 29.4. The summed E-state index contributed by atoms with van der Waals surface area (Å²) in [7, 11) is 0. The van der Waals surface area contributed by atoms with Gasteiger partial charge in [0.25, 0.3) is 5.89 Å². The first-order valence-corrected chi connectivity index (χ1v) is 10.1. The third-order valence-electron chi connectivity index (χ3n) is 3.89. The number of anilines is 1. The highest BCUT2D eigenvalue weighted by Gasteiger charge is 2.16. The van der Waals surface area contributed by atoms with Crippen molar-refractivity contribution < 1.29 is 18.8 Å². The molecule has 9 heteroatoms. The zero-order valence-corrected chi connectivity index (χ0v) is 16.9. The molecule has 0 saturated heterocycles. The summed E-state index contributed by atoms with van der Waals surface area (Å²) in [5.74, 6) is 0.0604. The van der Waals surface area contributed by atoms with Gasteiger partial charge >= 0.3 is 5.97 Å². The third-order valence-corrected chi connectivity index (χ3v) is 4.97. The molecule has 2 aromatic carbocycles. The maximum absolute atomic E-state index is 12.5. The van der Waals surface area contributed by atoms with Gasteiger partial charge < -0.3 is 14.6 Å². The number of rotatable bonds is 8. The lowest BCUT2D eigenvalue weighted by Crippen LogP contribution is -2.14. The molecular formula is C21H18N4O4S. The molecule has 1 heterocycles. The molecule has 0 bridgehead atoms. The Morgan fingerprint density at radius 3 is 2.83 bits per heavy atom. The van der Waals surface area contributed by atoms with Gasteiger partial charge in [-0.15, -0.1) is 11.8 Å². The first kappa shape index (κ1) is 21.1. The normalized spacial score (nSPS) is 10.3. The molecule has 0 radical (unpaired) electrons. The summed E-state index contributed by atoms with van der Waals surface area (Å²) in [6.07, 6.45) is 0.625. The van der Waals surface area contributed by atoms with E-state index in [1.807, 2.05) is 13.0 Å². The summed E-state index contributed by atoms with van der Waals surface area (Å²) in [5, 5.41) is 15.4. The minimum atomic E-state index is -0.545. The van der Waals surface area contributed by atoms with Gasteiger partial charge in [0.2, 0.25) is 5.91 Å².